The lowest BCUT2D eigenvalue weighted by Crippen LogP contribution is -2.58. The average molecular weight is 272 g/mol. The molecule has 1 aliphatic heterocycles. The number of carbonyl (C=O) groups excluding carboxylic acids is 1. The van der Waals surface area contributed by atoms with Crippen molar-refractivity contribution in [2.45, 2.75) is 57.5 Å². The van der Waals surface area contributed by atoms with Crippen molar-refractivity contribution in [3.05, 3.63) is 0 Å². The normalized spacial score (nSPS) is 19.1. The summed E-state index contributed by atoms with van der Waals surface area (Å²) in [5, 5.41) is 21.9. The van der Waals surface area contributed by atoms with Crippen LogP contribution in [-0.2, 0) is 4.79 Å². The highest BCUT2D eigenvalue weighted by Gasteiger charge is 2.31. The van der Waals surface area contributed by atoms with Gasteiger partial charge in [-0.2, -0.15) is 0 Å². The molecule has 5 heteroatoms. The maximum Gasteiger partial charge on any atom is 0.239 e. The molecule has 1 saturated heterocycles. The number of hydrogen-bond acceptors (Lipinski definition) is 4. The van der Waals surface area contributed by atoms with Crippen molar-refractivity contribution >= 4 is 5.91 Å². The van der Waals surface area contributed by atoms with E-state index in [1.54, 1.807) is 0 Å². The first-order valence-corrected chi connectivity index (χ1v) is 7.37. The molecule has 1 atom stereocenters. The number of nitrogens with zero attached hydrogens (tertiary/aromatic N) is 1. The van der Waals surface area contributed by atoms with Gasteiger partial charge in [0.15, 0.2) is 0 Å². The summed E-state index contributed by atoms with van der Waals surface area (Å²) >= 11 is 0. The highest BCUT2D eigenvalue weighted by molar-refractivity contribution is 5.81. The number of rotatable bonds is 6. The van der Waals surface area contributed by atoms with E-state index in [4.69, 9.17) is 0 Å². The summed E-state index contributed by atoms with van der Waals surface area (Å²) in [7, 11) is 0. The van der Waals surface area contributed by atoms with E-state index in [-0.39, 0.29) is 25.2 Å². The summed E-state index contributed by atoms with van der Waals surface area (Å²) in [5.74, 6) is 0.0709. The first-order chi connectivity index (χ1) is 9.08. The minimum Gasteiger partial charge on any atom is -0.394 e. The molecule has 1 amide bonds. The lowest BCUT2D eigenvalue weighted by Gasteiger charge is -2.34. The molecule has 1 heterocycles. The van der Waals surface area contributed by atoms with Crippen LogP contribution in [0.15, 0.2) is 0 Å². The number of nitrogens with one attached hydrogen (secondary N) is 1. The van der Waals surface area contributed by atoms with Crippen LogP contribution in [0.4, 0.5) is 0 Å². The predicted molar refractivity (Wildman–Crippen MR) is 74.8 cm³/mol. The Kier molecular flexibility index (Phi) is 6.75. The Hall–Kier alpha value is -0.650. The number of aliphatic hydroxyl groups is 2. The van der Waals surface area contributed by atoms with E-state index >= 15 is 0 Å². The van der Waals surface area contributed by atoms with Crippen LogP contribution >= 0.6 is 0 Å². The van der Waals surface area contributed by atoms with Gasteiger partial charge in [0.2, 0.25) is 5.91 Å². The largest absolute Gasteiger partial charge is 0.394 e. The van der Waals surface area contributed by atoms with Gasteiger partial charge in [0, 0.05) is 13.1 Å². The van der Waals surface area contributed by atoms with Crippen LogP contribution in [0.25, 0.3) is 0 Å². The standard InChI is InChI=1S/C14H28N2O3/c1-3-14(10-17,11-18)15-12(2)13(19)16-8-6-4-5-7-9-16/h12,15,17-18H,3-11H2,1-2H3. The fraction of sp³-hybridized carbons (Fsp3) is 0.929. The van der Waals surface area contributed by atoms with Crippen LogP contribution in [0.1, 0.15) is 46.0 Å². The highest BCUT2D eigenvalue weighted by Crippen LogP contribution is 2.14. The summed E-state index contributed by atoms with van der Waals surface area (Å²) in [6.07, 6.45) is 5.10. The topological polar surface area (TPSA) is 72.8 Å². The van der Waals surface area contributed by atoms with E-state index in [2.05, 4.69) is 5.32 Å². The Morgan fingerprint density at radius 1 is 1.21 bits per heavy atom. The van der Waals surface area contributed by atoms with Gasteiger partial charge >= 0.3 is 0 Å². The molecule has 0 aromatic heterocycles. The van der Waals surface area contributed by atoms with E-state index in [0.717, 1.165) is 25.9 Å². The quantitative estimate of drug-likeness (QED) is 0.658. The lowest BCUT2D eigenvalue weighted by atomic mass is 9.97. The van der Waals surface area contributed by atoms with Gasteiger partial charge in [0.25, 0.3) is 0 Å². The lowest BCUT2D eigenvalue weighted by molar-refractivity contribution is -0.134. The first kappa shape index (κ1) is 16.4. The highest BCUT2D eigenvalue weighted by atomic mass is 16.3. The monoisotopic (exact) mass is 272 g/mol. The molecule has 5 nitrogen and oxygen atoms in total. The van der Waals surface area contributed by atoms with Gasteiger partial charge in [-0.15, -0.1) is 0 Å². The summed E-state index contributed by atoms with van der Waals surface area (Å²) in [5.41, 5.74) is -0.763. The molecule has 0 aromatic carbocycles. The molecule has 19 heavy (non-hydrogen) atoms. The maximum absolute atomic E-state index is 12.4. The summed E-state index contributed by atoms with van der Waals surface area (Å²) in [4.78, 5) is 14.3. The molecule has 0 spiro atoms. The zero-order valence-corrected chi connectivity index (χ0v) is 12.2. The van der Waals surface area contributed by atoms with Crippen molar-refractivity contribution in [2.75, 3.05) is 26.3 Å². The summed E-state index contributed by atoms with van der Waals surface area (Å²) in [6.45, 7) is 5.01. The molecular weight excluding hydrogens is 244 g/mol. The minimum absolute atomic E-state index is 0.0709. The van der Waals surface area contributed by atoms with Crippen molar-refractivity contribution < 1.29 is 15.0 Å². The molecule has 0 bridgehead atoms. The third-order valence-corrected chi connectivity index (χ3v) is 4.09. The van der Waals surface area contributed by atoms with E-state index in [1.807, 2.05) is 18.7 Å². The smallest absolute Gasteiger partial charge is 0.239 e. The van der Waals surface area contributed by atoms with Crippen molar-refractivity contribution in [1.82, 2.24) is 10.2 Å². The number of likely N-dealkylation sites (tertiary alicyclic amines) is 1. The van der Waals surface area contributed by atoms with Gasteiger partial charge in [0.1, 0.15) is 0 Å². The van der Waals surface area contributed by atoms with Crippen LogP contribution in [0.2, 0.25) is 0 Å². The van der Waals surface area contributed by atoms with Gasteiger partial charge in [-0.25, -0.2) is 0 Å². The zero-order valence-electron chi connectivity index (χ0n) is 12.2. The summed E-state index contributed by atoms with van der Waals surface area (Å²) in [6, 6.07) is -0.377. The molecule has 0 saturated carbocycles. The Balaban J connectivity index is 2.60. The van der Waals surface area contributed by atoms with Gasteiger partial charge in [-0.3, -0.25) is 10.1 Å². The second-order valence-electron chi connectivity index (χ2n) is 5.56. The molecule has 1 rings (SSSR count). The molecule has 1 fully saturated rings. The van der Waals surface area contributed by atoms with Crippen LogP contribution in [-0.4, -0.2) is 58.9 Å². The Morgan fingerprint density at radius 2 is 1.74 bits per heavy atom. The van der Waals surface area contributed by atoms with Crippen molar-refractivity contribution in [3.63, 3.8) is 0 Å². The predicted octanol–water partition coefficient (Wildman–Crippen LogP) is 0.500. The molecular formula is C14H28N2O3. The van der Waals surface area contributed by atoms with E-state index in [9.17, 15) is 15.0 Å². The first-order valence-electron chi connectivity index (χ1n) is 7.37. The summed E-state index contributed by atoms with van der Waals surface area (Å²) < 4.78 is 0. The van der Waals surface area contributed by atoms with Gasteiger partial charge in [-0.1, -0.05) is 19.8 Å². The second kappa shape index (κ2) is 7.82. The number of aliphatic hydroxyl groups excluding tert-OH is 2. The molecule has 3 N–H and O–H groups in total. The van der Waals surface area contributed by atoms with E-state index < -0.39 is 5.54 Å². The Morgan fingerprint density at radius 3 is 2.16 bits per heavy atom. The van der Waals surface area contributed by atoms with Crippen LogP contribution in [0.5, 0.6) is 0 Å². The Labute approximate surface area is 116 Å². The Bertz CT molecular complexity index is 264. The molecule has 112 valence electrons. The molecule has 1 aliphatic rings. The molecule has 0 aromatic rings. The van der Waals surface area contributed by atoms with Crippen molar-refractivity contribution in [2.24, 2.45) is 0 Å². The third-order valence-electron chi connectivity index (χ3n) is 4.09. The minimum atomic E-state index is -0.763. The fourth-order valence-electron chi connectivity index (χ4n) is 2.55. The molecule has 0 aliphatic carbocycles. The SMILES string of the molecule is CCC(CO)(CO)NC(C)C(=O)N1CCCCCC1. The van der Waals surface area contributed by atoms with Gasteiger partial charge < -0.3 is 15.1 Å². The van der Waals surface area contributed by atoms with Gasteiger partial charge in [0.05, 0.1) is 24.8 Å². The van der Waals surface area contributed by atoms with Crippen molar-refractivity contribution in [1.29, 1.82) is 0 Å². The molecule has 0 radical (unpaired) electrons. The molecule has 1 unspecified atom stereocenters. The number of carbonyl (C=O) groups is 1. The third kappa shape index (κ3) is 4.44. The van der Waals surface area contributed by atoms with E-state index in [1.165, 1.54) is 12.8 Å². The van der Waals surface area contributed by atoms with Crippen molar-refractivity contribution in [3.8, 4) is 0 Å². The zero-order chi connectivity index (χ0) is 14.3. The second-order valence-corrected chi connectivity index (χ2v) is 5.56. The van der Waals surface area contributed by atoms with E-state index in [0.29, 0.717) is 6.42 Å². The number of amides is 1. The average Bonchev–Trinajstić information content (AvgIpc) is 2.73. The number of hydrogen-bond donors (Lipinski definition) is 3. The van der Waals surface area contributed by atoms with Crippen LogP contribution in [0, 0.1) is 0 Å². The van der Waals surface area contributed by atoms with Crippen LogP contribution in [0.3, 0.4) is 0 Å². The maximum atomic E-state index is 12.4. The van der Waals surface area contributed by atoms with Gasteiger partial charge in [-0.05, 0) is 26.2 Å². The van der Waals surface area contributed by atoms with Crippen LogP contribution < -0.4 is 5.32 Å². The fourth-order valence-corrected chi connectivity index (χ4v) is 2.55.